The molecular formula is C29H32N2O8. The minimum absolute atomic E-state index is 0.0916. The third-order valence-electron chi connectivity index (χ3n) is 6.49. The Bertz CT molecular complexity index is 1270. The highest BCUT2D eigenvalue weighted by Gasteiger charge is 2.55. The van der Waals surface area contributed by atoms with Gasteiger partial charge in [0, 0.05) is 6.08 Å². The number of hydrogen-bond acceptors (Lipinski definition) is 8. The minimum Gasteiger partial charge on any atom is -0.466 e. The molecule has 10 heteroatoms. The number of ether oxygens (including phenoxy) is 3. The maximum Gasteiger partial charge on any atom is 0.412 e. The van der Waals surface area contributed by atoms with Gasteiger partial charge in [0.15, 0.2) is 6.23 Å². The molecular weight excluding hydrogens is 504 g/mol. The predicted molar refractivity (Wildman–Crippen MR) is 139 cm³/mol. The van der Waals surface area contributed by atoms with Crippen molar-refractivity contribution in [1.29, 1.82) is 0 Å². The molecule has 4 atom stereocenters. The first-order chi connectivity index (χ1) is 18.5. The number of aliphatic hydroxyl groups is 1. The molecule has 0 saturated carbocycles. The van der Waals surface area contributed by atoms with Crippen molar-refractivity contribution in [3.05, 3.63) is 83.4 Å². The minimum atomic E-state index is -1.55. The average molecular weight is 537 g/mol. The highest BCUT2D eigenvalue weighted by molar-refractivity contribution is 5.92. The molecule has 2 heterocycles. The average Bonchev–Trinajstić information content (AvgIpc) is 3.23. The number of rotatable bonds is 6. The fraction of sp³-hybridized carbons (Fsp3) is 0.379. The van der Waals surface area contributed by atoms with Crippen LogP contribution in [0.25, 0.3) is 0 Å². The van der Waals surface area contributed by atoms with Crippen molar-refractivity contribution >= 4 is 23.9 Å². The number of benzene rings is 2. The zero-order chi connectivity index (χ0) is 28.3. The summed E-state index contributed by atoms with van der Waals surface area (Å²) in [5.41, 5.74) is 1.16. The molecule has 0 radical (unpaired) electrons. The van der Waals surface area contributed by atoms with Crippen molar-refractivity contribution < 1.29 is 38.5 Å². The number of nitrogens with zero attached hydrogens (tertiary/aromatic N) is 2. The lowest BCUT2D eigenvalue weighted by molar-refractivity contribution is -0.174. The van der Waals surface area contributed by atoms with Crippen LogP contribution in [-0.4, -0.2) is 63.8 Å². The number of amides is 2. The predicted octanol–water partition coefficient (Wildman–Crippen LogP) is 3.41. The van der Waals surface area contributed by atoms with E-state index in [9.17, 15) is 24.3 Å². The van der Waals surface area contributed by atoms with Gasteiger partial charge in [0.1, 0.15) is 24.3 Å². The summed E-state index contributed by atoms with van der Waals surface area (Å²) in [4.78, 5) is 54.5. The van der Waals surface area contributed by atoms with Crippen LogP contribution in [0.5, 0.6) is 0 Å². The number of carbonyl (C=O) groups excluding carboxylic acids is 4. The Kier molecular flexibility index (Phi) is 8.06. The van der Waals surface area contributed by atoms with Crippen molar-refractivity contribution in [2.24, 2.45) is 0 Å². The quantitative estimate of drug-likeness (QED) is 0.339. The third-order valence-corrected chi connectivity index (χ3v) is 6.49. The number of methoxy groups -OCH3 is 1. The molecule has 1 fully saturated rings. The van der Waals surface area contributed by atoms with Gasteiger partial charge < -0.3 is 24.2 Å². The van der Waals surface area contributed by atoms with Crippen LogP contribution in [0, 0.1) is 0 Å². The van der Waals surface area contributed by atoms with E-state index in [1.807, 2.05) is 6.07 Å². The van der Waals surface area contributed by atoms with Gasteiger partial charge in [-0.15, -0.1) is 0 Å². The number of hydrogen-bond donors (Lipinski definition) is 1. The standard InChI is InChI=1S/C29H32N2O8/c1-29(2,3)39-24(33)16-22-26(34)30-21(14-15-23(32)37-4)19-12-8-9-13-20(19)25(30)27(35)31(22)28(36)38-17-18-10-6-5-7-11-18/h5-15,21-22,25,27,35H,16-17H2,1-4H3/b15-14+/t21-,22-,25-,27-/m0/s1. The van der Waals surface area contributed by atoms with Gasteiger partial charge in [-0.2, -0.15) is 0 Å². The van der Waals surface area contributed by atoms with E-state index in [2.05, 4.69) is 0 Å². The Hall–Kier alpha value is -4.18. The summed E-state index contributed by atoms with van der Waals surface area (Å²) in [6, 6.07) is 12.9. The smallest absolute Gasteiger partial charge is 0.412 e. The topological polar surface area (TPSA) is 123 Å². The zero-order valence-electron chi connectivity index (χ0n) is 22.3. The summed E-state index contributed by atoms with van der Waals surface area (Å²) in [6.07, 6.45) is -0.286. The van der Waals surface area contributed by atoms with Crippen molar-refractivity contribution in [2.75, 3.05) is 7.11 Å². The van der Waals surface area contributed by atoms with E-state index in [0.717, 1.165) is 4.90 Å². The monoisotopic (exact) mass is 536 g/mol. The molecule has 10 nitrogen and oxygen atoms in total. The van der Waals surface area contributed by atoms with Gasteiger partial charge in [-0.3, -0.25) is 14.5 Å². The maximum absolute atomic E-state index is 14.0. The molecule has 39 heavy (non-hydrogen) atoms. The Balaban J connectivity index is 1.71. The Morgan fingerprint density at radius 2 is 1.64 bits per heavy atom. The number of carbonyl (C=O) groups is 4. The molecule has 0 bridgehead atoms. The van der Waals surface area contributed by atoms with Crippen LogP contribution in [0.2, 0.25) is 0 Å². The van der Waals surface area contributed by atoms with Crippen LogP contribution in [0.4, 0.5) is 4.79 Å². The lowest BCUT2D eigenvalue weighted by Crippen LogP contribution is -2.64. The number of aliphatic hydroxyl groups excluding tert-OH is 1. The molecule has 1 saturated heterocycles. The van der Waals surface area contributed by atoms with Gasteiger partial charge >= 0.3 is 18.0 Å². The Labute approximate surface area is 226 Å². The van der Waals surface area contributed by atoms with E-state index >= 15 is 0 Å². The summed E-state index contributed by atoms with van der Waals surface area (Å²) >= 11 is 0. The summed E-state index contributed by atoms with van der Waals surface area (Å²) in [5.74, 6) is -1.92. The van der Waals surface area contributed by atoms with Gasteiger partial charge in [0.25, 0.3) is 0 Å². The van der Waals surface area contributed by atoms with Gasteiger partial charge in [-0.1, -0.05) is 60.7 Å². The second-order valence-corrected chi connectivity index (χ2v) is 10.3. The van der Waals surface area contributed by atoms with Crippen LogP contribution in [0.3, 0.4) is 0 Å². The van der Waals surface area contributed by atoms with Crippen LogP contribution in [0.1, 0.15) is 56.0 Å². The first-order valence-corrected chi connectivity index (χ1v) is 12.6. The molecule has 0 aliphatic carbocycles. The maximum atomic E-state index is 14.0. The van der Waals surface area contributed by atoms with Gasteiger partial charge in [-0.05, 0) is 37.5 Å². The normalized spacial score (nSPS) is 22.3. The number of piperazine rings is 1. The van der Waals surface area contributed by atoms with Crippen molar-refractivity contribution in [3.8, 4) is 0 Å². The molecule has 2 aromatic rings. The molecule has 1 N–H and O–H groups in total. The molecule has 2 aromatic carbocycles. The lowest BCUT2D eigenvalue weighted by atomic mass is 9.98. The number of fused-ring (bicyclic) bond motifs is 3. The van der Waals surface area contributed by atoms with E-state index in [-0.39, 0.29) is 6.61 Å². The second-order valence-electron chi connectivity index (χ2n) is 10.3. The van der Waals surface area contributed by atoms with E-state index in [1.165, 1.54) is 24.2 Å². The Morgan fingerprint density at radius 3 is 2.28 bits per heavy atom. The molecule has 2 aliphatic heterocycles. The van der Waals surface area contributed by atoms with Crippen LogP contribution in [-0.2, 0) is 35.2 Å². The lowest BCUT2D eigenvalue weighted by Gasteiger charge is -2.46. The molecule has 0 spiro atoms. The zero-order valence-corrected chi connectivity index (χ0v) is 22.3. The van der Waals surface area contributed by atoms with E-state index in [0.29, 0.717) is 16.7 Å². The fourth-order valence-corrected chi connectivity index (χ4v) is 4.92. The van der Waals surface area contributed by atoms with Crippen molar-refractivity contribution in [3.63, 3.8) is 0 Å². The molecule has 2 amide bonds. The fourth-order valence-electron chi connectivity index (χ4n) is 4.92. The molecule has 0 unspecified atom stereocenters. The summed E-state index contributed by atoms with van der Waals surface area (Å²) < 4.78 is 15.6. The Morgan fingerprint density at radius 1 is 1.00 bits per heavy atom. The molecule has 2 aliphatic rings. The summed E-state index contributed by atoms with van der Waals surface area (Å²) in [6.45, 7) is 4.98. The highest BCUT2D eigenvalue weighted by Crippen LogP contribution is 2.48. The summed E-state index contributed by atoms with van der Waals surface area (Å²) in [7, 11) is 1.24. The van der Waals surface area contributed by atoms with E-state index in [1.54, 1.807) is 69.3 Å². The molecule has 4 rings (SSSR count). The van der Waals surface area contributed by atoms with Crippen LogP contribution >= 0.6 is 0 Å². The van der Waals surface area contributed by atoms with Gasteiger partial charge in [0.2, 0.25) is 5.91 Å². The van der Waals surface area contributed by atoms with Crippen LogP contribution < -0.4 is 0 Å². The SMILES string of the molecule is COC(=O)/C=C/[C@H]1c2ccccc2[C@H]2[C@H](O)N(C(=O)OCc3ccccc3)[C@@H](CC(=O)OC(C)(C)C)C(=O)N12. The first kappa shape index (κ1) is 27.8. The number of esters is 2. The van der Waals surface area contributed by atoms with E-state index < -0.39 is 60.3 Å². The largest absolute Gasteiger partial charge is 0.466 e. The van der Waals surface area contributed by atoms with Crippen molar-refractivity contribution in [2.45, 2.75) is 63.8 Å². The first-order valence-electron chi connectivity index (χ1n) is 12.6. The van der Waals surface area contributed by atoms with Crippen LogP contribution in [0.15, 0.2) is 66.7 Å². The highest BCUT2D eigenvalue weighted by atomic mass is 16.6. The molecule has 206 valence electrons. The third kappa shape index (κ3) is 5.96. The van der Waals surface area contributed by atoms with Crippen molar-refractivity contribution in [1.82, 2.24) is 9.80 Å². The molecule has 0 aromatic heterocycles. The van der Waals surface area contributed by atoms with Gasteiger partial charge in [0.05, 0.1) is 19.6 Å². The second kappa shape index (κ2) is 11.3. The van der Waals surface area contributed by atoms with Gasteiger partial charge in [-0.25, -0.2) is 9.59 Å². The van der Waals surface area contributed by atoms with E-state index in [4.69, 9.17) is 14.2 Å². The summed E-state index contributed by atoms with van der Waals surface area (Å²) in [5, 5.41) is 11.6.